The number of carbonyl (C=O) groups excluding carboxylic acids is 1. The van der Waals surface area contributed by atoms with E-state index >= 15 is 0 Å². The van der Waals surface area contributed by atoms with Crippen molar-refractivity contribution in [3.8, 4) is 0 Å². The average molecular weight is 310 g/mol. The Bertz CT molecular complexity index is 399. The van der Waals surface area contributed by atoms with Crippen molar-refractivity contribution in [2.75, 3.05) is 6.61 Å². The highest BCUT2D eigenvalue weighted by Gasteiger charge is 2.34. The van der Waals surface area contributed by atoms with E-state index in [0.717, 1.165) is 25.7 Å². The molecule has 0 aromatic heterocycles. The predicted molar refractivity (Wildman–Crippen MR) is 84.9 cm³/mol. The fourth-order valence-electron chi connectivity index (χ4n) is 3.24. The van der Waals surface area contributed by atoms with Crippen LogP contribution in [-0.2, 0) is 9.45 Å². The molecule has 1 amide bonds. The Morgan fingerprint density at radius 1 is 1.41 bits per heavy atom. The minimum absolute atomic E-state index is 0.00551. The molecule has 1 aliphatic heterocycles. The summed E-state index contributed by atoms with van der Waals surface area (Å²) in [5, 5.41) is 21.9. The second-order valence-electron chi connectivity index (χ2n) is 6.52. The first-order valence-electron chi connectivity index (χ1n) is 8.22. The van der Waals surface area contributed by atoms with E-state index in [1.807, 2.05) is 12.2 Å². The quantitative estimate of drug-likeness (QED) is 0.431. The van der Waals surface area contributed by atoms with Gasteiger partial charge in [0.2, 0.25) is 5.91 Å². The van der Waals surface area contributed by atoms with Crippen molar-refractivity contribution < 1.29 is 19.6 Å². The van der Waals surface area contributed by atoms with Gasteiger partial charge < -0.3 is 25.8 Å². The van der Waals surface area contributed by atoms with Crippen LogP contribution in [-0.4, -0.2) is 47.3 Å². The number of amides is 1. The number of aliphatic hydroxyl groups excluding tert-OH is 1. The van der Waals surface area contributed by atoms with E-state index in [4.69, 9.17) is 15.5 Å². The molecule has 1 heterocycles. The second kappa shape index (κ2) is 8.10. The summed E-state index contributed by atoms with van der Waals surface area (Å²) in [7, 11) is -1.07. The predicted octanol–water partition coefficient (Wildman–Crippen LogP) is 0.270. The van der Waals surface area contributed by atoms with Crippen LogP contribution in [0.2, 0.25) is 0 Å². The van der Waals surface area contributed by atoms with Gasteiger partial charge in [0.05, 0.1) is 12.0 Å². The van der Waals surface area contributed by atoms with Crippen LogP contribution in [0.25, 0.3) is 0 Å². The van der Waals surface area contributed by atoms with Crippen LogP contribution in [0.1, 0.15) is 51.4 Å². The number of carbonyl (C=O) groups is 1. The van der Waals surface area contributed by atoms with E-state index in [2.05, 4.69) is 5.32 Å². The zero-order chi connectivity index (χ0) is 16.0. The van der Waals surface area contributed by atoms with Gasteiger partial charge in [-0.15, -0.1) is 0 Å². The first-order chi connectivity index (χ1) is 10.5. The van der Waals surface area contributed by atoms with Crippen LogP contribution in [0.4, 0.5) is 0 Å². The zero-order valence-corrected chi connectivity index (χ0v) is 13.0. The molecule has 2 rings (SSSR count). The number of nitrogens with two attached hydrogens (primary N) is 1. The lowest BCUT2D eigenvalue weighted by Crippen LogP contribution is -2.52. The molecule has 2 unspecified atom stereocenters. The smallest absolute Gasteiger partial charge is 0.426 e. The molecule has 1 saturated carbocycles. The lowest BCUT2D eigenvalue weighted by atomic mass is 9.76. The number of aliphatic hydroxyl groups is 1. The lowest BCUT2D eigenvalue weighted by molar-refractivity contribution is -0.123. The topological polar surface area (TPSA) is 105 Å². The Morgan fingerprint density at radius 2 is 2.14 bits per heavy atom. The van der Waals surface area contributed by atoms with Crippen molar-refractivity contribution in [2.45, 2.75) is 69.0 Å². The normalized spacial score (nSPS) is 28.2. The molecule has 0 aromatic rings. The minimum Gasteiger partial charge on any atom is -0.426 e. The molecule has 5 N–H and O–H groups in total. The highest BCUT2D eigenvalue weighted by atomic mass is 16.5. The van der Waals surface area contributed by atoms with Gasteiger partial charge in [0.1, 0.15) is 0 Å². The summed E-state index contributed by atoms with van der Waals surface area (Å²) in [4.78, 5) is 12.2. The van der Waals surface area contributed by atoms with Gasteiger partial charge in [0.15, 0.2) is 0 Å². The maximum atomic E-state index is 12.2. The molecule has 6 nitrogen and oxygen atoms in total. The van der Waals surface area contributed by atoms with Crippen molar-refractivity contribution >= 4 is 13.0 Å². The number of nitrogens with one attached hydrogen (secondary N) is 1. The summed E-state index contributed by atoms with van der Waals surface area (Å²) in [6.07, 6.45) is 9.69. The van der Waals surface area contributed by atoms with Crippen LogP contribution in [0.5, 0.6) is 0 Å². The number of hydrogen-bond donors (Lipinski definition) is 4. The van der Waals surface area contributed by atoms with Gasteiger partial charge in [-0.1, -0.05) is 31.4 Å². The first kappa shape index (κ1) is 17.5. The van der Waals surface area contributed by atoms with Crippen LogP contribution < -0.4 is 11.1 Å². The lowest BCUT2D eigenvalue weighted by Gasteiger charge is -2.33. The fraction of sp³-hybridized carbons (Fsp3) is 0.800. The Labute approximate surface area is 132 Å². The molecule has 124 valence electrons. The molecular weight excluding hydrogens is 283 g/mol. The van der Waals surface area contributed by atoms with Crippen LogP contribution in [0.15, 0.2) is 12.2 Å². The van der Waals surface area contributed by atoms with Gasteiger partial charge in [0, 0.05) is 18.6 Å². The molecule has 22 heavy (non-hydrogen) atoms. The Kier molecular flexibility index (Phi) is 6.43. The monoisotopic (exact) mass is 310 g/mol. The van der Waals surface area contributed by atoms with E-state index in [-0.39, 0.29) is 18.6 Å². The maximum Gasteiger partial charge on any atom is 0.478 e. The Hall–Kier alpha value is -0.885. The molecule has 2 atom stereocenters. The number of rotatable bonds is 5. The van der Waals surface area contributed by atoms with Crippen molar-refractivity contribution in [1.29, 1.82) is 0 Å². The van der Waals surface area contributed by atoms with E-state index in [1.165, 1.54) is 6.42 Å². The molecule has 1 aliphatic carbocycles. The summed E-state index contributed by atoms with van der Waals surface area (Å²) >= 11 is 0. The summed E-state index contributed by atoms with van der Waals surface area (Å²) in [5.74, 6) is -0.606. The molecule has 0 bridgehead atoms. The second-order valence-corrected chi connectivity index (χ2v) is 6.52. The third kappa shape index (κ3) is 5.09. The van der Waals surface area contributed by atoms with E-state index < -0.39 is 18.6 Å². The SMILES string of the molecule is NC1(CC(=O)NC2CC=CC(CCO)OB2O)CCCCC1. The number of hydrogen-bond acceptors (Lipinski definition) is 5. The van der Waals surface area contributed by atoms with Crippen LogP contribution in [0.3, 0.4) is 0 Å². The standard InChI is InChI=1S/C15H27BN2O4/c17-15(8-2-1-3-9-15)11-14(20)18-13-6-4-5-12(7-10-19)22-16(13)21/h4-5,12-13,19,21H,1-3,6-11,17H2,(H,18,20). The van der Waals surface area contributed by atoms with E-state index in [1.54, 1.807) is 0 Å². The average Bonchev–Trinajstić information content (AvgIpc) is 2.62. The molecule has 0 saturated heterocycles. The summed E-state index contributed by atoms with van der Waals surface area (Å²) < 4.78 is 5.44. The summed E-state index contributed by atoms with van der Waals surface area (Å²) in [6.45, 7) is -0.00551. The van der Waals surface area contributed by atoms with Gasteiger partial charge in [0.25, 0.3) is 0 Å². The van der Waals surface area contributed by atoms with Crippen molar-refractivity contribution in [3.63, 3.8) is 0 Å². The van der Waals surface area contributed by atoms with Gasteiger partial charge >= 0.3 is 7.12 Å². The van der Waals surface area contributed by atoms with Gasteiger partial charge in [-0.05, 0) is 25.7 Å². The summed E-state index contributed by atoms with van der Waals surface area (Å²) in [5.41, 5.74) is 5.89. The zero-order valence-electron chi connectivity index (χ0n) is 13.0. The van der Waals surface area contributed by atoms with Crippen molar-refractivity contribution in [1.82, 2.24) is 5.32 Å². The van der Waals surface area contributed by atoms with Crippen molar-refractivity contribution in [2.24, 2.45) is 5.73 Å². The first-order valence-corrected chi connectivity index (χ1v) is 8.22. The molecular formula is C15H27BN2O4. The maximum absolute atomic E-state index is 12.2. The van der Waals surface area contributed by atoms with Gasteiger partial charge in [-0.25, -0.2) is 0 Å². The highest BCUT2D eigenvalue weighted by molar-refractivity contribution is 6.45. The van der Waals surface area contributed by atoms with E-state index in [9.17, 15) is 9.82 Å². The molecule has 7 heteroatoms. The van der Waals surface area contributed by atoms with Gasteiger partial charge in [-0.3, -0.25) is 4.79 Å². The van der Waals surface area contributed by atoms with E-state index in [0.29, 0.717) is 19.3 Å². The molecule has 1 fully saturated rings. The van der Waals surface area contributed by atoms with Crippen LogP contribution in [0, 0.1) is 0 Å². The fourth-order valence-corrected chi connectivity index (χ4v) is 3.24. The molecule has 0 radical (unpaired) electrons. The minimum atomic E-state index is -1.07. The Morgan fingerprint density at radius 3 is 2.82 bits per heavy atom. The highest BCUT2D eigenvalue weighted by Crippen LogP contribution is 2.28. The van der Waals surface area contributed by atoms with Crippen molar-refractivity contribution in [3.05, 3.63) is 12.2 Å². The largest absolute Gasteiger partial charge is 0.478 e. The summed E-state index contributed by atoms with van der Waals surface area (Å²) in [6, 6.07) is 0. The molecule has 0 aromatic carbocycles. The molecule has 2 aliphatic rings. The van der Waals surface area contributed by atoms with Crippen LogP contribution >= 0.6 is 0 Å². The van der Waals surface area contributed by atoms with Gasteiger partial charge in [-0.2, -0.15) is 0 Å². The molecule has 0 spiro atoms. The third-order valence-electron chi connectivity index (χ3n) is 4.52. The third-order valence-corrected chi connectivity index (χ3v) is 4.52. The Balaban J connectivity index is 1.84.